The smallest absolute Gasteiger partial charge is 0.338 e. The minimum atomic E-state index is -0.555. The van der Waals surface area contributed by atoms with Gasteiger partial charge in [0.25, 0.3) is 0 Å². The quantitative estimate of drug-likeness (QED) is 0.451. The summed E-state index contributed by atoms with van der Waals surface area (Å²) in [4.78, 5) is 34.7. The number of thioether (sulfide) groups is 1. The number of morpholine rings is 1. The molecule has 204 valence electrons. The molecule has 0 unspecified atom stereocenters. The van der Waals surface area contributed by atoms with Gasteiger partial charge in [-0.3, -0.25) is 4.79 Å². The first-order valence-electron chi connectivity index (χ1n) is 12.7. The highest BCUT2D eigenvalue weighted by molar-refractivity contribution is 8.16. The Labute approximate surface area is 232 Å². The van der Waals surface area contributed by atoms with Crippen LogP contribution >= 0.6 is 11.8 Å². The van der Waals surface area contributed by atoms with Crippen LogP contribution in [0.4, 0.5) is 0 Å². The van der Waals surface area contributed by atoms with Gasteiger partial charge in [0.2, 0.25) is 5.91 Å². The van der Waals surface area contributed by atoms with E-state index in [1.807, 2.05) is 63.7 Å². The minimum absolute atomic E-state index is 0.0123. The Morgan fingerprint density at radius 3 is 2.56 bits per heavy atom. The Kier molecular flexibility index (Phi) is 8.23. The second-order valence-corrected chi connectivity index (χ2v) is 10.1. The third-order valence-corrected chi connectivity index (χ3v) is 7.73. The molecule has 5 rings (SSSR count). The normalized spacial score (nSPS) is 18.8. The summed E-state index contributed by atoms with van der Waals surface area (Å²) in [6.07, 6.45) is 0.186. The Bertz CT molecular complexity index is 1330. The van der Waals surface area contributed by atoms with E-state index < -0.39 is 12.0 Å². The first-order chi connectivity index (χ1) is 19.0. The fourth-order valence-electron chi connectivity index (χ4n) is 4.84. The predicted molar refractivity (Wildman–Crippen MR) is 148 cm³/mol. The second-order valence-electron chi connectivity index (χ2n) is 9.24. The first kappa shape index (κ1) is 26.8. The fraction of sp³-hybridized carbons (Fsp3) is 0.345. The lowest BCUT2D eigenvalue weighted by atomic mass is 9.93. The van der Waals surface area contributed by atoms with Gasteiger partial charge in [-0.1, -0.05) is 48.2 Å². The molecular weight excluding hydrogens is 518 g/mol. The van der Waals surface area contributed by atoms with Crippen LogP contribution in [0.3, 0.4) is 0 Å². The van der Waals surface area contributed by atoms with Crippen LogP contribution in [0.5, 0.6) is 11.5 Å². The van der Waals surface area contributed by atoms with E-state index in [1.165, 1.54) is 18.9 Å². The number of ether oxygens (including phenoxy) is 4. The van der Waals surface area contributed by atoms with Crippen LogP contribution in [0.1, 0.15) is 30.5 Å². The molecule has 1 atom stereocenters. The Morgan fingerprint density at radius 2 is 1.85 bits per heavy atom. The average Bonchev–Trinajstić information content (AvgIpc) is 3.37. The lowest BCUT2D eigenvalue weighted by Gasteiger charge is -2.37. The van der Waals surface area contributed by atoms with Crippen LogP contribution in [-0.4, -0.2) is 67.4 Å². The molecule has 0 saturated carbocycles. The van der Waals surface area contributed by atoms with Crippen molar-refractivity contribution in [1.29, 1.82) is 0 Å². The second kappa shape index (κ2) is 12.0. The van der Waals surface area contributed by atoms with Gasteiger partial charge in [0, 0.05) is 18.8 Å². The number of carbonyl (C=O) groups excluding carboxylic acids is 2. The van der Waals surface area contributed by atoms with Crippen molar-refractivity contribution in [2.75, 3.05) is 40.5 Å². The Hall–Kier alpha value is -3.76. The maximum atomic E-state index is 13.2. The Balaban J connectivity index is 1.46. The zero-order valence-corrected chi connectivity index (χ0v) is 23.0. The molecule has 1 saturated heterocycles. The fourth-order valence-corrected chi connectivity index (χ4v) is 5.81. The van der Waals surface area contributed by atoms with Gasteiger partial charge in [-0.25, -0.2) is 9.79 Å². The number of nitrogens with zero attached hydrogens (tertiary/aromatic N) is 3. The Morgan fingerprint density at radius 1 is 1.08 bits per heavy atom. The summed E-state index contributed by atoms with van der Waals surface area (Å²) < 4.78 is 22.3. The number of rotatable bonds is 8. The van der Waals surface area contributed by atoms with Crippen molar-refractivity contribution in [2.24, 2.45) is 4.99 Å². The highest BCUT2D eigenvalue weighted by Crippen LogP contribution is 2.46. The van der Waals surface area contributed by atoms with Crippen molar-refractivity contribution in [3.63, 3.8) is 0 Å². The van der Waals surface area contributed by atoms with E-state index in [-0.39, 0.29) is 12.3 Å². The van der Waals surface area contributed by atoms with Gasteiger partial charge in [0.1, 0.15) is 6.61 Å². The van der Waals surface area contributed by atoms with Crippen LogP contribution in [0.15, 0.2) is 75.9 Å². The van der Waals surface area contributed by atoms with Crippen LogP contribution in [0, 0.1) is 0 Å². The van der Waals surface area contributed by atoms with Gasteiger partial charge in [-0.15, -0.1) is 0 Å². The number of fused-ring (bicyclic) bond motifs is 1. The molecule has 2 aromatic rings. The van der Waals surface area contributed by atoms with Gasteiger partial charge in [0.05, 0.1) is 51.2 Å². The number of hydrogen-bond acceptors (Lipinski definition) is 9. The van der Waals surface area contributed by atoms with Crippen LogP contribution in [0.25, 0.3) is 0 Å². The zero-order valence-electron chi connectivity index (χ0n) is 22.2. The van der Waals surface area contributed by atoms with E-state index in [0.717, 1.165) is 16.8 Å². The van der Waals surface area contributed by atoms with Crippen LogP contribution in [0.2, 0.25) is 0 Å². The molecular formula is C29H31N3O6S. The first-order valence-corrected chi connectivity index (χ1v) is 13.6. The molecule has 10 heteroatoms. The van der Waals surface area contributed by atoms with Crippen molar-refractivity contribution >= 4 is 28.8 Å². The number of amides is 1. The lowest BCUT2D eigenvalue weighted by molar-refractivity contribution is -0.136. The van der Waals surface area contributed by atoms with Crippen molar-refractivity contribution in [2.45, 2.75) is 26.0 Å². The van der Waals surface area contributed by atoms with Gasteiger partial charge >= 0.3 is 5.97 Å². The molecule has 3 aliphatic heterocycles. The molecule has 0 bridgehead atoms. The largest absolute Gasteiger partial charge is 0.493 e. The number of carbonyl (C=O) groups is 2. The summed E-state index contributed by atoms with van der Waals surface area (Å²) in [5, 5.41) is 2.64. The van der Waals surface area contributed by atoms with Crippen molar-refractivity contribution < 1.29 is 28.5 Å². The summed E-state index contributed by atoms with van der Waals surface area (Å²) in [6, 6.07) is 15.0. The molecule has 0 N–H and O–H groups in total. The molecule has 0 aliphatic carbocycles. The summed E-state index contributed by atoms with van der Waals surface area (Å²) >= 11 is 1.44. The maximum absolute atomic E-state index is 13.2. The van der Waals surface area contributed by atoms with Gasteiger partial charge < -0.3 is 28.7 Å². The molecule has 2 aromatic carbocycles. The number of methoxy groups -OCH3 is 2. The maximum Gasteiger partial charge on any atom is 0.338 e. The van der Waals surface area contributed by atoms with Crippen molar-refractivity contribution in [1.82, 2.24) is 9.80 Å². The average molecular weight is 550 g/mol. The molecule has 0 spiro atoms. The summed E-state index contributed by atoms with van der Waals surface area (Å²) in [6.45, 7) is 4.39. The molecule has 0 aromatic heterocycles. The number of aliphatic imine (C=N–C) groups is 1. The molecule has 1 amide bonds. The van der Waals surface area contributed by atoms with E-state index in [0.29, 0.717) is 60.8 Å². The highest BCUT2D eigenvalue weighted by Gasteiger charge is 2.41. The lowest BCUT2D eigenvalue weighted by Crippen LogP contribution is -2.42. The predicted octanol–water partition coefficient (Wildman–Crippen LogP) is 4.27. The third kappa shape index (κ3) is 5.67. The van der Waals surface area contributed by atoms with Gasteiger partial charge in [0.15, 0.2) is 16.7 Å². The van der Waals surface area contributed by atoms with Crippen molar-refractivity contribution in [3.8, 4) is 11.5 Å². The topological polar surface area (TPSA) is 89.9 Å². The third-order valence-electron chi connectivity index (χ3n) is 6.84. The van der Waals surface area contributed by atoms with Crippen LogP contribution in [-0.2, 0) is 25.7 Å². The SMILES string of the molecule is COC(=O)C1=C(C)N=C2SC=C(CC(=O)N3CCOCC3)N2[C@H]1c1ccc(OCc2ccccc2)c(OC)c1. The standard InChI is InChI=1S/C29H31N3O6S/c1-19-26(28(34)36-3)27(21-9-10-23(24(15-21)35-2)38-17-20-7-5-4-6-8-20)32-22(18-39-29(32)30-19)16-25(33)31-11-13-37-14-12-31/h4-10,15,18,27H,11-14,16-17H2,1-3H3/t27-/m0/s1. The molecule has 3 heterocycles. The summed E-state index contributed by atoms with van der Waals surface area (Å²) in [5.41, 5.74) is 3.59. The van der Waals surface area contributed by atoms with Crippen LogP contribution < -0.4 is 9.47 Å². The number of benzene rings is 2. The zero-order chi connectivity index (χ0) is 27.4. The molecule has 9 nitrogen and oxygen atoms in total. The number of allylic oxidation sites excluding steroid dienone is 1. The van der Waals surface area contributed by atoms with Crippen molar-refractivity contribution in [3.05, 3.63) is 82.0 Å². The molecule has 3 aliphatic rings. The van der Waals surface area contributed by atoms with E-state index >= 15 is 0 Å². The van der Waals surface area contributed by atoms with E-state index in [9.17, 15) is 9.59 Å². The number of esters is 1. The minimum Gasteiger partial charge on any atom is -0.493 e. The summed E-state index contributed by atoms with van der Waals surface area (Å²) in [5.74, 6) is 0.665. The summed E-state index contributed by atoms with van der Waals surface area (Å²) in [7, 11) is 2.94. The molecule has 39 heavy (non-hydrogen) atoms. The number of amidine groups is 1. The number of hydrogen-bond donors (Lipinski definition) is 0. The van der Waals surface area contributed by atoms with E-state index in [2.05, 4.69) is 0 Å². The molecule has 1 fully saturated rings. The molecule has 0 radical (unpaired) electrons. The monoisotopic (exact) mass is 549 g/mol. The van der Waals surface area contributed by atoms with Gasteiger partial charge in [-0.05, 0) is 35.6 Å². The highest BCUT2D eigenvalue weighted by atomic mass is 32.2. The van der Waals surface area contributed by atoms with Gasteiger partial charge in [-0.2, -0.15) is 0 Å². The van der Waals surface area contributed by atoms with E-state index in [1.54, 1.807) is 14.0 Å². The van der Waals surface area contributed by atoms with E-state index in [4.69, 9.17) is 23.9 Å².